The first-order chi connectivity index (χ1) is 11.0. The van der Waals surface area contributed by atoms with Gasteiger partial charge in [-0.25, -0.2) is 4.98 Å². The molecule has 0 bridgehead atoms. The maximum atomic E-state index is 4.77. The minimum Gasteiger partial charge on any atom is -0.352 e. The van der Waals surface area contributed by atoms with Gasteiger partial charge in [0.1, 0.15) is 5.82 Å². The van der Waals surface area contributed by atoms with Crippen LogP contribution in [0, 0.1) is 27.7 Å². The Kier molecular flexibility index (Phi) is 4.07. The smallest absolute Gasteiger partial charge is 0.229 e. The lowest BCUT2D eigenvalue weighted by atomic mass is 10.1. The Morgan fingerprint density at radius 1 is 1.17 bits per heavy atom. The first kappa shape index (κ1) is 15.5. The van der Waals surface area contributed by atoms with E-state index < -0.39 is 0 Å². The molecular formula is C19H24N4. The van der Waals surface area contributed by atoms with Crippen molar-refractivity contribution in [2.45, 2.75) is 34.1 Å². The first-order valence-electron chi connectivity index (χ1n) is 8.08. The predicted octanol–water partition coefficient (Wildman–Crippen LogP) is 4.00. The van der Waals surface area contributed by atoms with Crippen molar-refractivity contribution < 1.29 is 0 Å². The summed E-state index contributed by atoms with van der Waals surface area (Å²) in [5.74, 6) is 1.72. The standard InChI is InChI=1S/C19H24N4/c1-6-8-23-9-7-16-15(5)20-19(22-18(16)23)21-17-13(3)10-12(2)11-14(17)4/h6,10-11H,1,7-9H2,2-5H3,(H,20,21,22). The molecule has 1 aromatic carbocycles. The Labute approximate surface area is 138 Å². The molecule has 1 aliphatic rings. The van der Waals surface area contributed by atoms with Gasteiger partial charge in [0.2, 0.25) is 5.95 Å². The molecule has 0 radical (unpaired) electrons. The molecule has 4 nitrogen and oxygen atoms in total. The first-order valence-corrected chi connectivity index (χ1v) is 8.08. The second kappa shape index (κ2) is 6.03. The molecule has 0 aliphatic carbocycles. The van der Waals surface area contributed by atoms with Gasteiger partial charge in [0.25, 0.3) is 0 Å². The quantitative estimate of drug-likeness (QED) is 0.867. The number of anilines is 3. The molecule has 0 saturated carbocycles. The molecule has 0 amide bonds. The Balaban J connectivity index is 1.98. The lowest BCUT2D eigenvalue weighted by Gasteiger charge is -2.18. The topological polar surface area (TPSA) is 41.1 Å². The van der Waals surface area contributed by atoms with Crippen LogP contribution in [0.5, 0.6) is 0 Å². The van der Waals surface area contributed by atoms with E-state index in [0.29, 0.717) is 5.95 Å². The van der Waals surface area contributed by atoms with E-state index in [2.05, 4.69) is 61.6 Å². The van der Waals surface area contributed by atoms with Crippen molar-refractivity contribution in [3.05, 3.63) is 52.7 Å². The van der Waals surface area contributed by atoms with Gasteiger partial charge in [-0.15, -0.1) is 6.58 Å². The van der Waals surface area contributed by atoms with Crippen molar-refractivity contribution in [1.82, 2.24) is 9.97 Å². The molecule has 2 heterocycles. The van der Waals surface area contributed by atoms with Gasteiger partial charge in [0, 0.05) is 30.0 Å². The summed E-state index contributed by atoms with van der Waals surface area (Å²) in [6.45, 7) is 14.1. The van der Waals surface area contributed by atoms with Crippen LogP contribution in [0.4, 0.5) is 17.5 Å². The van der Waals surface area contributed by atoms with E-state index in [1.165, 1.54) is 22.3 Å². The van der Waals surface area contributed by atoms with Gasteiger partial charge in [-0.1, -0.05) is 23.8 Å². The fourth-order valence-corrected chi connectivity index (χ4v) is 3.37. The summed E-state index contributed by atoms with van der Waals surface area (Å²) >= 11 is 0. The zero-order chi connectivity index (χ0) is 16.6. The number of benzene rings is 1. The largest absolute Gasteiger partial charge is 0.352 e. The third kappa shape index (κ3) is 2.93. The summed E-state index contributed by atoms with van der Waals surface area (Å²) in [4.78, 5) is 11.7. The molecule has 120 valence electrons. The van der Waals surface area contributed by atoms with Crippen LogP contribution >= 0.6 is 0 Å². The summed E-state index contributed by atoms with van der Waals surface area (Å²) in [5, 5.41) is 3.43. The highest BCUT2D eigenvalue weighted by molar-refractivity contribution is 5.66. The molecule has 3 rings (SSSR count). The number of aromatic nitrogens is 2. The minimum atomic E-state index is 0.673. The van der Waals surface area contributed by atoms with Crippen LogP contribution in [0.2, 0.25) is 0 Å². The third-order valence-electron chi connectivity index (χ3n) is 4.39. The summed E-state index contributed by atoms with van der Waals surface area (Å²) in [6.07, 6.45) is 2.94. The Morgan fingerprint density at radius 3 is 2.52 bits per heavy atom. The molecule has 4 heteroatoms. The van der Waals surface area contributed by atoms with Gasteiger partial charge >= 0.3 is 0 Å². The number of nitrogens with zero attached hydrogens (tertiary/aromatic N) is 3. The van der Waals surface area contributed by atoms with Crippen molar-refractivity contribution in [3.63, 3.8) is 0 Å². The van der Waals surface area contributed by atoms with Crippen molar-refractivity contribution >= 4 is 17.5 Å². The minimum absolute atomic E-state index is 0.673. The van der Waals surface area contributed by atoms with E-state index >= 15 is 0 Å². The van der Waals surface area contributed by atoms with Crippen molar-refractivity contribution in [1.29, 1.82) is 0 Å². The SMILES string of the molecule is C=CCN1CCc2c(C)nc(Nc3c(C)cc(C)cc3C)nc21. The second-order valence-electron chi connectivity index (χ2n) is 6.32. The fourth-order valence-electron chi connectivity index (χ4n) is 3.37. The summed E-state index contributed by atoms with van der Waals surface area (Å²) in [7, 11) is 0. The second-order valence-corrected chi connectivity index (χ2v) is 6.32. The Bertz CT molecular complexity index is 741. The molecule has 0 unspecified atom stereocenters. The maximum Gasteiger partial charge on any atom is 0.229 e. The molecule has 1 N–H and O–H groups in total. The zero-order valence-corrected chi connectivity index (χ0v) is 14.4. The predicted molar refractivity (Wildman–Crippen MR) is 96.8 cm³/mol. The number of hydrogen-bond acceptors (Lipinski definition) is 4. The zero-order valence-electron chi connectivity index (χ0n) is 14.4. The number of nitrogens with one attached hydrogen (secondary N) is 1. The molecule has 0 fully saturated rings. The molecular weight excluding hydrogens is 284 g/mol. The van der Waals surface area contributed by atoms with Gasteiger partial charge in [-0.2, -0.15) is 4.98 Å². The van der Waals surface area contributed by atoms with Crippen LogP contribution < -0.4 is 10.2 Å². The number of fused-ring (bicyclic) bond motifs is 1. The maximum absolute atomic E-state index is 4.77. The normalized spacial score (nSPS) is 13.1. The lowest BCUT2D eigenvalue weighted by molar-refractivity contribution is 0.893. The monoisotopic (exact) mass is 308 g/mol. The van der Waals surface area contributed by atoms with Crippen LogP contribution in [-0.4, -0.2) is 23.1 Å². The van der Waals surface area contributed by atoms with Crippen LogP contribution in [0.3, 0.4) is 0 Å². The molecule has 1 aromatic heterocycles. The molecule has 0 saturated heterocycles. The highest BCUT2D eigenvalue weighted by Crippen LogP contribution is 2.31. The molecule has 0 spiro atoms. The number of hydrogen-bond donors (Lipinski definition) is 1. The van der Waals surface area contributed by atoms with E-state index in [0.717, 1.165) is 36.7 Å². The summed E-state index contributed by atoms with van der Waals surface area (Å²) < 4.78 is 0. The van der Waals surface area contributed by atoms with E-state index in [4.69, 9.17) is 4.98 Å². The summed E-state index contributed by atoms with van der Waals surface area (Å²) in [6, 6.07) is 4.36. The van der Waals surface area contributed by atoms with Gasteiger partial charge in [0.15, 0.2) is 0 Å². The van der Waals surface area contributed by atoms with Crippen molar-refractivity contribution in [3.8, 4) is 0 Å². The lowest BCUT2D eigenvalue weighted by Crippen LogP contribution is -2.21. The van der Waals surface area contributed by atoms with Gasteiger partial charge < -0.3 is 10.2 Å². The van der Waals surface area contributed by atoms with Crippen LogP contribution in [0.15, 0.2) is 24.8 Å². The van der Waals surface area contributed by atoms with E-state index in [1.807, 2.05) is 6.08 Å². The average Bonchev–Trinajstić information content (AvgIpc) is 2.87. The van der Waals surface area contributed by atoms with Crippen molar-refractivity contribution in [2.24, 2.45) is 0 Å². The third-order valence-corrected chi connectivity index (χ3v) is 4.39. The number of aryl methyl sites for hydroxylation is 4. The molecule has 23 heavy (non-hydrogen) atoms. The van der Waals surface area contributed by atoms with Crippen LogP contribution in [-0.2, 0) is 6.42 Å². The number of rotatable bonds is 4. The molecule has 2 aromatic rings. The Hall–Kier alpha value is -2.36. The molecule has 1 aliphatic heterocycles. The van der Waals surface area contributed by atoms with Gasteiger partial charge in [-0.05, 0) is 45.2 Å². The Morgan fingerprint density at radius 2 is 1.87 bits per heavy atom. The van der Waals surface area contributed by atoms with Gasteiger partial charge in [0.05, 0.1) is 0 Å². The highest BCUT2D eigenvalue weighted by atomic mass is 15.2. The average molecular weight is 308 g/mol. The van der Waals surface area contributed by atoms with E-state index in [9.17, 15) is 0 Å². The summed E-state index contributed by atoms with van der Waals surface area (Å²) in [5.41, 5.74) is 7.12. The van der Waals surface area contributed by atoms with E-state index in [-0.39, 0.29) is 0 Å². The highest BCUT2D eigenvalue weighted by Gasteiger charge is 2.23. The molecule has 0 atom stereocenters. The van der Waals surface area contributed by atoms with Crippen molar-refractivity contribution in [2.75, 3.05) is 23.3 Å². The fraction of sp³-hybridized carbons (Fsp3) is 0.368. The van der Waals surface area contributed by atoms with Crippen LogP contribution in [0.1, 0.15) is 27.9 Å². The van der Waals surface area contributed by atoms with Gasteiger partial charge in [-0.3, -0.25) is 0 Å². The van der Waals surface area contributed by atoms with E-state index in [1.54, 1.807) is 0 Å². The van der Waals surface area contributed by atoms with Crippen LogP contribution in [0.25, 0.3) is 0 Å².